The minimum absolute atomic E-state index is 0.144. The van der Waals surface area contributed by atoms with E-state index in [1.807, 2.05) is 0 Å². The SMILES string of the molecule is O=C(Nc1cc(CC2(C(=O)O)CC2)ccc1F)[C@H](c1ccc(Cl)cc1)C1CCCC1(F)F. The van der Waals surface area contributed by atoms with Gasteiger partial charge in [-0.3, -0.25) is 9.59 Å². The molecule has 2 N–H and O–H groups in total. The summed E-state index contributed by atoms with van der Waals surface area (Å²) in [5.41, 5.74) is -0.0423. The second-order valence-corrected chi connectivity index (χ2v) is 9.29. The lowest BCUT2D eigenvalue weighted by molar-refractivity contribution is -0.143. The van der Waals surface area contributed by atoms with E-state index >= 15 is 0 Å². The third-order valence-electron chi connectivity index (χ3n) is 6.62. The quantitative estimate of drug-likeness (QED) is 0.523. The molecule has 2 aliphatic rings. The van der Waals surface area contributed by atoms with Crippen LogP contribution in [0, 0.1) is 17.2 Å². The molecule has 2 saturated carbocycles. The van der Waals surface area contributed by atoms with Crippen molar-refractivity contribution < 1.29 is 27.9 Å². The van der Waals surface area contributed by atoms with E-state index in [1.54, 1.807) is 0 Å². The van der Waals surface area contributed by atoms with E-state index in [2.05, 4.69) is 5.32 Å². The second kappa shape index (κ2) is 8.43. The molecule has 8 heteroatoms. The predicted molar refractivity (Wildman–Crippen MR) is 115 cm³/mol. The molecule has 2 aliphatic carbocycles. The van der Waals surface area contributed by atoms with Gasteiger partial charge in [0, 0.05) is 17.4 Å². The molecule has 0 aromatic heterocycles. The third kappa shape index (κ3) is 4.49. The fourth-order valence-corrected chi connectivity index (χ4v) is 4.72. The molecule has 1 unspecified atom stereocenters. The highest BCUT2D eigenvalue weighted by Gasteiger charge is 2.51. The summed E-state index contributed by atoms with van der Waals surface area (Å²) >= 11 is 5.92. The lowest BCUT2D eigenvalue weighted by Gasteiger charge is -2.28. The summed E-state index contributed by atoms with van der Waals surface area (Å²) < 4.78 is 43.7. The first kappa shape index (κ1) is 22.6. The van der Waals surface area contributed by atoms with Gasteiger partial charge < -0.3 is 10.4 Å². The molecule has 2 atom stereocenters. The van der Waals surface area contributed by atoms with Gasteiger partial charge >= 0.3 is 5.97 Å². The van der Waals surface area contributed by atoms with E-state index < -0.39 is 40.9 Å². The number of rotatable bonds is 7. The number of carbonyl (C=O) groups is 2. The number of hydrogen-bond donors (Lipinski definition) is 2. The van der Waals surface area contributed by atoms with Crippen LogP contribution in [0.15, 0.2) is 42.5 Å². The maximum absolute atomic E-state index is 14.6. The number of halogens is 4. The van der Waals surface area contributed by atoms with Crippen molar-refractivity contribution in [2.45, 2.75) is 50.4 Å². The van der Waals surface area contributed by atoms with Crippen LogP contribution in [0.1, 0.15) is 49.1 Å². The van der Waals surface area contributed by atoms with Gasteiger partial charge in [0.05, 0.1) is 17.0 Å². The summed E-state index contributed by atoms with van der Waals surface area (Å²) in [6.45, 7) is 0. The van der Waals surface area contributed by atoms with Crippen molar-refractivity contribution in [1.29, 1.82) is 0 Å². The number of benzene rings is 2. The first-order valence-electron chi connectivity index (χ1n) is 10.6. The number of anilines is 1. The van der Waals surface area contributed by atoms with Crippen molar-refractivity contribution in [2.24, 2.45) is 11.3 Å². The topological polar surface area (TPSA) is 66.4 Å². The first-order valence-corrected chi connectivity index (χ1v) is 11.0. The minimum atomic E-state index is -3.01. The number of carboxylic acid groups (broad SMARTS) is 1. The summed E-state index contributed by atoms with van der Waals surface area (Å²) in [5.74, 6) is -7.75. The third-order valence-corrected chi connectivity index (χ3v) is 6.87. The molecule has 2 aromatic rings. The van der Waals surface area contributed by atoms with Gasteiger partial charge in [0.15, 0.2) is 0 Å². The Morgan fingerprint density at radius 1 is 1.12 bits per heavy atom. The van der Waals surface area contributed by atoms with Crippen LogP contribution in [-0.4, -0.2) is 22.9 Å². The molecule has 0 radical (unpaired) electrons. The smallest absolute Gasteiger partial charge is 0.309 e. The van der Waals surface area contributed by atoms with E-state index in [0.29, 0.717) is 35.4 Å². The Labute approximate surface area is 188 Å². The first-order chi connectivity index (χ1) is 15.1. The Bertz CT molecular complexity index is 1040. The Morgan fingerprint density at radius 3 is 2.38 bits per heavy atom. The van der Waals surface area contributed by atoms with E-state index in [9.17, 15) is 27.9 Å². The molecule has 0 bridgehead atoms. The molecule has 2 aromatic carbocycles. The fraction of sp³-hybridized carbons (Fsp3) is 0.417. The predicted octanol–water partition coefficient (Wildman–Crippen LogP) is 6.04. The van der Waals surface area contributed by atoms with Crippen molar-refractivity contribution in [3.8, 4) is 0 Å². The number of carbonyl (C=O) groups excluding carboxylic acids is 1. The molecular weight excluding hydrogens is 443 g/mol. The molecule has 0 spiro atoms. The average Bonchev–Trinajstić information content (AvgIpc) is 3.44. The highest BCUT2D eigenvalue weighted by molar-refractivity contribution is 6.30. The zero-order valence-corrected chi connectivity index (χ0v) is 18.0. The fourth-order valence-electron chi connectivity index (χ4n) is 4.60. The van der Waals surface area contributed by atoms with Gasteiger partial charge in [0.2, 0.25) is 5.91 Å². The van der Waals surface area contributed by atoms with Crippen molar-refractivity contribution in [3.05, 3.63) is 64.4 Å². The highest BCUT2D eigenvalue weighted by Crippen LogP contribution is 2.49. The van der Waals surface area contributed by atoms with Gasteiger partial charge in [-0.15, -0.1) is 0 Å². The van der Waals surface area contributed by atoms with E-state index in [1.165, 1.54) is 36.4 Å². The Morgan fingerprint density at radius 2 is 1.81 bits per heavy atom. The van der Waals surface area contributed by atoms with Gasteiger partial charge in [-0.1, -0.05) is 29.8 Å². The summed E-state index contributed by atoms with van der Waals surface area (Å²) in [5, 5.41) is 12.3. The number of alkyl halides is 2. The van der Waals surface area contributed by atoms with Crippen LogP contribution >= 0.6 is 11.6 Å². The Balaban J connectivity index is 1.61. The molecule has 4 nitrogen and oxygen atoms in total. The molecular formula is C24H23ClF3NO3. The van der Waals surface area contributed by atoms with Crippen molar-refractivity contribution in [1.82, 2.24) is 0 Å². The standard InChI is InChI=1S/C24H23ClF3NO3/c25-16-6-4-15(5-7-16)20(17-2-1-9-24(17,27)28)21(30)29-19-12-14(3-8-18(19)26)13-23(10-11-23)22(31)32/h3-8,12,17,20H,1-2,9-11,13H2,(H,29,30)(H,31,32)/t17?,20-/m1/s1. The summed E-state index contributed by atoms with van der Waals surface area (Å²) in [6.07, 6.45) is 1.48. The lowest BCUT2D eigenvalue weighted by atomic mass is 9.82. The number of amides is 1. The maximum atomic E-state index is 14.6. The zero-order valence-electron chi connectivity index (χ0n) is 17.2. The van der Waals surface area contributed by atoms with E-state index in [-0.39, 0.29) is 24.9 Å². The normalized spacial score (nSPS) is 21.7. The van der Waals surface area contributed by atoms with Crippen LogP contribution in [0.25, 0.3) is 0 Å². The van der Waals surface area contributed by atoms with Crippen molar-refractivity contribution in [3.63, 3.8) is 0 Å². The van der Waals surface area contributed by atoms with Crippen molar-refractivity contribution >= 4 is 29.2 Å². The number of nitrogens with one attached hydrogen (secondary N) is 1. The summed E-state index contributed by atoms with van der Waals surface area (Å²) in [7, 11) is 0. The molecule has 32 heavy (non-hydrogen) atoms. The van der Waals surface area contributed by atoms with Crippen molar-refractivity contribution in [2.75, 3.05) is 5.32 Å². The minimum Gasteiger partial charge on any atom is -0.481 e. The maximum Gasteiger partial charge on any atom is 0.309 e. The largest absolute Gasteiger partial charge is 0.481 e. The summed E-state index contributed by atoms with van der Waals surface area (Å²) in [6, 6.07) is 10.2. The highest BCUT2D eigenvalue weighted by atomic mass is 35.5. The van der Waals surface area contributed by atoms with Crippen LogP contribution in [0.3, 0.4) is 0 Å². The molecule has 2 fully saturated rings. The Hall–Kier alpha value is -2.54. The molecule has 1 amide bonds. The average molecular weight is 466 g/mol. The molecule has 0 saturated heterocycles. The lowest BCUT2D eigenvalue weighted by Crippen LogP contribution is -2.35. The molecule has 0 aliphatic heterocycles. The van der Waals surface area contributed by atoms with Crippen LogP contribution in [-0.2, 0) is 16.0 Å². The molecule has 170 valence electrons. The van der Waals surface area contributed by atoms with E-state index in [4.69, 9.17) is 11.6 Å². The van der Waals surface area contributed by atoms with E-state index in [0.717, 1.165) is 6.07 Å². The number of carboxylic acids is 1. The second-order valence-electron chi connectivity index (χ2n) is 8.85. The van der Waals surface area contributed by atoms with Gasteiger partial charge in [-0.2, -0.15) is 0 Å². The molecule has 4 rings (SSSR count). The summed E-state index contributed by atoms with van der Waals surface area (Å²) in [4.78, 5) is 24.7. The van der Waals surface area contributed by atoms with Crippen LogP contribution in [0.5, 0.6) is 0 Å². The Kier molecular flexibility index (Phi) is 5.96. The van der Waals surface area contributed by atoms with Crippen LogP contribution in [0.4, 0.5) is 18.9 Å². The monoisotopic (exact) mass is 465 g/mol. The molecule has 0 heterocycles. The van der Waals surface area contributed by atoms with Crippen LogP contribution < -0.4 is 5.32 Å². The van der Waals surface area contributed by atoms with Gasteiger partial charge in [0.1, 0.15) is 5.82 Å². The zero-order chi connectivity index (χ0) is 23.1. The number of hydrogen-bond acceptors (Lipinski definition) is 2. The van der Waals surface area contributed by atoms with Gasteiger partial charge in [-0.25, -0.2) is 13.2 Å². The van der Waals surface area contributed by atoms with Crippen LogP contribution in [0.2, 0.25) is 5.02 Å². The van der Waals surface area contributed by atoms with Gasteiger partial charge in [0.25, 0.3) is 5.92 Å². The number of aliphatic carboxylic acids is 1. The van der Waals surface area contributed by atoms with Gasteiger partial charge in [-0.05, 0) is 67.5 Å².